The Hall–Kier alpha value is -1.63. The highest BCUT2D eigenvalue weighted by Gasteiger charge is 2.30. The van der Waals surface area contributed by atoms with E-state index in [2.05, 4.69) is 9.97 Å². The van der Waals surface area contributed by atoms with Crippen molar-refractivity contribution in [1.82, 2.24) is 9.97 Å². The zero-order valence-electron chi connectivity index (χ0n) is 10.7. The molecule has 3 rings (SSSR count). The van der Waals surface area contributed by atoms with E-state index < -0.39 is 17.7 Å². The summed E-state index contributed by atoms with van der Waals surface area (Å²) in [5.74, 6) is 0.943. The molecule has 0 N–H and O–H groups in total. The van der Waals surface area contributed by atoms with Crippen LogP contribution in [-0.4, -0.2) is 15.7 Å². The Morgan fingerprint density at radius 3 is 2.43 bits per heavy atom. The molecule has 0 radical (unpaired) electrons. The van der Waals surface area contributed by atoms with E-state index in [-0.39, 0.29) is 5.82 Å². The van der Waals surface area contributed by atoms with Gasteiger partial charge in [0, 0.05) is 16.9 Å². The monoisotopic (exact) mass is 314 g/mol. The summed E-state index contributed by atoms with van der Waals surface area (Å²) in [7, 11) is 0. The highest BCUT2D eigenvalue weighted by atomic mass is 32.2. The molecule has 1 aromatic carbocycles. The lowest BCUT2D eigenvalue weighted by atomic mass is 10.1. The van der Waals surface area contributed by atoms with Gasteiger partial charge in [-0.25, -0.2) is 4.98 Å². The van der Waals surface area contributed by atoms with Gasteiger partial charge in [-0.1, -0.05) is 12.1 Å². The van der Waals surface area contributed by atoms with Gasteiger partial charge >= 0.3 is 6.18 Å². The molecule has 2 heterocycles. The number of thioether (sulfide) groups is 1. The molecule has 0 amide bonds. The summed E-state index contributed by atoms with van der Waals surface area (Å²) in [6, 6.07) is 4.43. The van der Waals surface area contributed by atoms with E-state index >= 15 is 0 Å². The first kappa shape index (κ1) is 14.3. The van der Waals surface area contributed by atoms with Gasteiger partial charge in [-0.3, -0.25) is 0 Å². The van der Waals surface area contributed by atoms with Gasteiger partial charge in [-0.2, -0.15) is 34.3 Å². The summed E-state index contributed by atoms with van der Waals surface area (Å²) in [5, 5.41) is 0. The number of rotatable bonds is 1. The molecule has 1 aliphatic heterocycles. The zero-order valence-corrected chi connectivity index (χ0v) is 11.6. The maximum absolute atomic E-state index is 13.9. The molecular weight excluding hydrogens is 304 g/mol. The number of alkyl halides is 3. The van der Waals surface area contributed by atoms with E-state index in [1.54, 1.807) is 11.8 Å². The van der Waals surface area contributed by atoms with Gasteiger partial charge in [0.05, 0.1) is 11.3 Å². The molecule has 1 aliphatic rings. The van der Waals surface area contributed by atoms with Crippen LogP contribution in [0, 0.1) is 5.95 Å². The minimum absolute atomic E-state index is 0.131. The number of fused-ring (bicyclic) bond motifs is 1. The minimum Gasteiger partial charge on any atom is -0.233 e. The van der Waals surface area contributed by atoms with Crippen LogP contribution in [0.1, 0.15) is 16.8 Å². The topological polar surface area (TPSA) is 25.8 Å². The van der Waals surface area contributed by atoms with Gasteiger partial charge in [0.2, 0.25) is 5.95 Å². The first-order valence-corrected chi connectivity index (χ1v) is 7.41. The summed E-state index contributed by atoms with van der Waals surface area (Å²) >= 11 is 1.61. The fraction of sp³-hybridized carbons (Fsp3) is 0.286. The SMILES string of the molecule is Fc1nc(-c2ccc(C(F)(F)F)cc2)nc2c1CSCC2. The molecule has 7 heteroatoms. The molecular formula is C14H10F4N2S. The largest absolute Gasteiger partial charge is 0.416 e. The Labute approximate surface area is 122 Å². The molecule has 2 aromatic rings. The predicted molar refractivity (Wildman–Crippen MR) is 72.3 cm³/mol. The quantitative estimate of drug-likeness (QED) is 0.586. The summed E-state index contributed by atoms with van der Waals surface area (Å²) in [5.41, 5.74) is 0.780. The van der Waals surface area contributed by atoms with Crippen molar-refractivity contribution in [2.45, 2.75) is 18.3 Å². The Bertz CT molecular complexity index is 668. The van der Waals surface area contributed by atoms with E-state index in [4.69, 9.17) is 0 Å². The molecule has 0 aliphatic carbocycles. The lowest BCUT2D eigenvalue weighted by Gasteiger charge is -2.15. The van der Waals surface area contributed by atoms with Crippen LogP contribution in [0.3, 0.4) is 0 Å². The molecule has 0 bridgehead atoms. The Morgan fingerprint density at radius 1 is 1.05 bits per heavy atom. The van der Waals surface area contributed by atoms with Gasteiger partial charge in [0.1, 0.15) is 0 Å². The van der Waals surface area contributed by atoms with E-state index in [9.17, 15) is 17.6 Å². The van der Waals surface area contributed by atoms with Crippen LogP contribution < -0.4 is 0 Å². The van der Waals surface area contributed by atoms with Crippen molar-refractivity contribution < 1.29 is 17.6 Å². The van der Waals surface area contributed by atoms with Crippen molar-refractivity contribution in [3.8, 4) is 11.4 Å². The van der Waals surface area contributed by atoms with Gasteiger partial charge in [0.15, 0.2) is 5.82 Å². The number of hydrogen-bond acceptors (Lipinski definition) is 3. The van der Waals surface area contributed by atoms with Crippen LogP contribution in [0.5, 0.6) is 0 Å². The number of aromatic nitrogens is 2. The van der Waals surface area contributed by atoms with Crippen molar-refractivity contribution in [2.75, 3.05) is 5.75 Å². The third kappa shape index (κ3) is 2.88. The second-order valence-corrected chi connectivity index (χ2v) is 5.75. The molecule has 2 nitrogen and oxygen atoms in total. The summed E-state index contributed by atoms with van der Waals surface area (Å²) in [4.78, 5) is 8.07. The van der Waals surface area contributed by atoms with E-state index in [0.29, 0.717) is 29.0 Å². The van der Waals surface area contributed by atoms with E-state index in [1.165, 1.54) is 12.1 Å². The normalized spacial score (nSPS) is 14.9. The van der Waals surface area contributed by atoms with Crippen LogP contribution in [-0.2, 0) is 18.3 Å². The van der Waals surface area contributed by atoms with Crippen molar-refractivity contribution >= 4 is 11.8 Å². The van der Waals surface area contributed by atoms with Crippen molar-refractivity contribution in [2.24, 2.45) is 0 Å². The van der Waals surface area contributed by atoms with Crippen LogP contribution in [0.25, 0.3) is 11.4 Å². The number of hydrogen-bond donors (Lipinski definition) is 0. The molecule has 21 heavy (non-hydrogen) atoms. The molecule has 110 valence electrons. The molecule has 0 atom stereocenters. The number of halogens is 4. The first-order chi connectivity index (χ1) is 9.95. The maximum Gasteiger partial charge on any atom is 0.416 e. The van der Waals surface area contributed by atoms with Gasteiger partial charge in [0.25, 0.3) is 0 Å². The van der Waals surface area contributed by atoms with Crippen molar-refractivity contribution in [3.05, 3.63) is 47.0 Å². The second kappa shape index (κ2) is 5.29. The van der Waals surface area contributed by atoms with Gasteiger partial charge in [-0.05, 0) is 24.3 Å². The van der Waals surface area contributed by atoms with Gasteiger partial charge < -0.3 is 0 Å². The smallest absolute Gasteiger partial charge is 0.233 e. The molecule has 0 fully saturated rings. The molecule has 0 saturated heterocycles. The van der Waals surface area contributed by atoms with Crippen molar-refractivity contribution in [3.63, 3.8) is 0 Å². The maximum atomic E-state index is 13.9. The van der Waals surface area contributed by atoms with Crippen LogP contribution >= 0.6 is 11.8 Å². The van der Waals surface area contributed by atoms with Gasteiger partial charge in [-0.15, -0.1) is 0 Å². The van der Waals surface area contributed by atoms with Crippen LogP contribution in [0.4, 0.5) is 17.6 Å². The second-order valence-electron chi connectivity index (χ2n) is 4.64. The first-order valence-electron chi connectivity index (χ1n) is 6.26. The van der Waals surface area contributed by atoms with Crippen molar-refractivity contribution in [1.29, 1.82) is 0 Å². The fourth-order valence-electron chi connectivity index (χ4n) is 2.13. The Kier molecular flexibility index (Phi) is 3.61. The van der Waals surface area contributed by atoms with Crippen LogP contribution in [0.2, 0.25) is 0 Å². The third-order valence-electron chi connectivity index (χ3n) is 3.24. The fourth-order valence-corrected chi connectivity index (χ4v) is 3.10. The highest BCUT2D eigenvalue weighted by molar-refractivity contribution is 7.98. The molecule has 0 saturated carbocycles. The highest BCUT2D eigenvalue weighted by Crippen LogP contribution is 2.31. The molecule has 1 aromatic heterocycles. The zero-order chi connectivity index (χ0) is 15.0. The minimum atomic E-state index is -4.39. The van der Waals surface area contributed by atoms with Crippen LogP contribution in [0.15, 0.2) is 24.3 Å². The summed E-state index contributed by atoms with van der Waals surface area (Å²) < 4.78 is 51.5. The summed E-state index contributed by atoms with van der Waals surface area (Å²) in [6.45, 7) is 0. The Balaban J connectivity index is 1.99. The summed E-state index contributed by atoms with van der Waals surface area (Å²) in [6.07, 6.45) is -3.75. The predicted octanol–water partition coefficient (Wildman–Crippen LogP) is 4.09. The average molecular weight is 314 g/mol. The van der Waals surface area contributed by atoms with E-state index in [1.807, 2.05) is 0 Å². The molecule has 0 spiro atoms. The lowest BCUT2D eigenvalue weighted by molar-refractivity contribution is -0.137. The average Bonchev–Trinajstić information content (AvgIpc) is 2.46. The third-order valence-corrected chi connectivity index (χ3v) is 4.23. The van der Waals surface area contributed by atoms with E-state index in [0.717, 1.165) is 17.9 Å². The standard InChI is InChI=1S/C14H10F4N2S/c15-12-10-7-21-6-5-11(10)19-13(20-12)8-1-3-9(4-2-8)14(16,17)18/h1-4H,5-7H2. The number of nitrogens with zero attached hydrogens (tertiary/aromatic N) is 2. The molecule has 0 unspecified atom stereocenters. The Morgan fingerprint density at radius 2 is 1.76 bits per heavy atom. The number of aryl methyl sites for hydroxylation is 1. The lowest BCUT2D eigenvalue weighted by Crippen LogP contribution is -2.11. The number of benzene rings is 1.